The Morgan fingerprint density at radius 1 is 1.47 bits per heavy atom. The van der Waals surface area contributed by atoms with Crippen LogP contribution in [0.4, 0.5) is 0 Å². The van der Waals surface area contributed by atoms with E-state index in [1.807, 2.05) is 6.07 Å². The molecule has 3 nitrogen and oxygen atoms in total. The average molecular weight is 253 g/mol. The van der Waals surface area contributed by atoms with Crippen LogP contribution in [0.5, 0.6) is 0 Å². The van der Waals surface area contributed by atoms with Gasteiger partial charge < -0.3 is 9.30 Å². The Morgan fingerprint density at radius 2 is 2.24 bits per heavy atom. The number of fused-ring (bicyclic) bond motifs is 1. The van der Waals surface area contributed by atoms with Crippen molar-refractivity contribution in [2.45, 2.75) is 25.8 Å². The SMILES string of the molecule is COCC(C)n1c(CCl)nc2c(C)cccc21. The second-order valence-corrected chi connectivity index (χ2v) is 4.55. The number of alkyl halides is 1. The van der Waals surface area contributed by atoms with E-state index in [0.717, 1.165) is 16.9 Å². The second-order valence-electron chi connectivity index (χ2n) is 4.28. The number of methoxy groups -OCH3 is 1. The third kappa shape index (κ3) is 2.17. The molecular formula is C13H17ClN2O. The number of benzene rings is 1. The summed E-state index contributed by atoms with van der Waals surface area (Å²) < 4.78 is 7.38. The molecule has 0 saturated carbocycles. The second kappa shape index (κ2) is 5.07. The van der Waals surface area contributed by atoms with Gasteiger partial charge in [0.1, 0.15) is 5.82 Å². The number of ether oxygens (including phenoxy) is 1. The number of rotatable bonds is 4. The number of hydrogen-bond acceptors (Lipinski definition) is 2. The lowest BCUT2D eigenvalue weighted by molar-refractivity contribution is 0.163. The highest BCUT2D eigenvalue weighted by Crippen LogP contribution is 2.24. The molecule has 0 radical (unpaired) electrons. The molecule has 0 spiro atoms. The van der Waals surface area contributed by atoms with Crippen LogP contribution in [0, 0.1) is 6.92 Å². The van der Waals surface area contributed by atoms with E-state index < -0.39 is 0 Å². The van der Waals surface area contributed by atoms with Crippen molar-refractivity contribution in [1.29, 1.82) is 0 Å². The van der Waals surface area contributed by atoms with E-state index in [4.69, 9.17) is 16.3 Å². The fourth-order valence-corrected chi connectivity index (χ4v) is 2.40. The van der Waals surface area contributed by atoms with Crippen molar-refractivity contribution in [2.24, 2.45) is 0 Å². The van der Waals surface area contributed by atoms with Crippen LogP contribution in [0.2, 0.25) is 0 Å². The third-order valence-corrected chi connectivity index (χ3v) is 3.20. The molecule has 2 aromatic rings. The zero-order chi connectivity index (χ0) is 12.4. The lowest BCUT2D eigenvalue weighted by Gasteiger charge is -2.15. The highest BCUT2D eigenvalue weighted by Gasteiger charge is 2.15. The molecule has 0 saturated heterocycles. The standard InChI is InChI=1S/C13H17ClN2O/c1-9-5-4-6-11-13(9)15-12(7-14)16(11)10(2)8-17-3/h4-6,10H,7-8H2,1-3H3. The Balaban J connectivity index is 2.62. The first-order chi connectivity index (χ1) is 8.19. The number of aryl methyl sites for hydroxylation is 1. The molecule has 2 rings (SSSR count). The molecule has 0 aliphatic heterocycles. The fourth-order valence-electron chi connectivity index (χ4n) is 2.21. The predicted molar refractivity (Wildman–Crippen MR) is 70.6 cm³/mol. The van der Waals surface area contributed by atoms with E-state index >= 15 is 0 Å². The van der Waals surface area contributed by atoms with Crippen LogP contribution in [0.15, 0.2) is 18.2 Å². The predicted octanol–water partition coefficient (Wildman–Crippen LogP) is 3.29. The summed E-state index contributed by atoms with van der Waals surface area (Å²) in [6, 6.07) is 6.43. The zero-order valence-corrected chi connectivity index (χ0v) is 11.2. The summed E-state index contributed by atoms with van der Waals surface area (Å²) in [4.78, 5) is 4.61. The number of para-hydroxylation sites is 1. The largest absolute Gasteiger partial charge is 0.383 e. The molecule has 0 fully saturated rings. The van der Waals surface area contributed by atoms with Crippen LogP contribution in [-0.2, 0) is 10.6 Å². The maximum Gasteiger partial charge on any atom is 0.125 e. The molecule has 1 aromatic heterocycles. The van der Waals surface area contributed by atoms with Gasteiger partial charge in [0.15, 0.2) is 0 Å². The van der Waals surface area contributed by atoms with Crippen molar-refractivity contribution in [2.75, 3.05) is 13.7 Å². The molecule has 1 aromatic carbocycles. The van der Waals surface area contributed by atoms with Crippen molar-refractivity contribution in [3.63, 3.8) is 0 Å². The summed E-state index contributed by atoms with van der Waals surface area (Å²) in [5.74, 6) is 1.32. The topological polar surface area (TPSA) is 27.1 Å². The van der Waals surface area contributed by atoms with Crippen LogP contribution in [0.1, 0.15) is 24.4 Å². The minimum Gasteiger partial charge on any atom is -0.383 e. The molecule has 0 bridgehead atoms. The van der Waals surface area contributed by atoms with E-state index in [1.165, 1.54) is 5.56 Å². The van der Waals surface area contributed by atoms with Gasteiger partial charge in [-0.05, 0) is 25.5 Å². The van der Waals surface area contributed by atoms with E-state index in [-0.39, 0.29) is 6.04 Å². The van der Waals surface area contributed by atoms with Crippen molar-refractivity contribution >= 4 is 22.6 Å². The van der Waals surface area contributed by atoms with Crippen LogP contribution < -0.4 is 0 Å². The number of hydrogen-bond donors (Lipinski definition) is 0. The minimum atomic E-state index is 0.237. The van der Waals surface area contributed by atoms with Crippen molar-refractivity contribution in [1.82, 2.24) is 9.55 Å². The Hall–Kier alpha value is -1.06. The Labute approximate surface area is 106 Å². The monoisotopic (exact) mass is 252 g/mol. The molecule has 1 heterocycles. The van der Waals surface area contributed by atoms with Gasteiger partial charge in [-0.25, -0.2) is 4.98 Å². The van der Waals surface area contributed by atoms with Gasteiger partial charge in [-0.3, -0.25) is 0 Å². The van der Waals surface area contributed by atoms with Gasteiger partial charge in [0.05, 0.1) is 29.6 Å². The van der Waals surface area contributed by atoms with Gasteiger partial charge in [0, 0.05) is 7.11 Å². The van der Waals surface area contributed by atoms with Crippen molar-refractivity contribution in [3.8, 4) is 0 Å². The molecule has 1 unspecified atom stereocenters. The first-order valence-corrected chi connectivity index (χ1v) is 6.23. The molecular weight excluding hydrogens is 236 g/mol. The van der Waals surface area contributed by atoms with Gasteiger partial charge in [-0.2, -0.15) is 0 Å². The molecule has 1 atom stereocenters. The van der Waals surface area contributed by atoms with Crippen molar-refractivity contribution in [3.05, 3.63) is 29.6 Å². The lowest BCUT2D eigenvalue weighted by Crippen LogP contribution is -2.13. The summed E-state index contributed by atoms with van der Waals surface area (Å²) in [6.07, 6.45) is 0. The van der Waals surface area contributed by atoms with E-state index in [1.54, 1.807) is 7.11 Å². The van der Waals surface area contributed by atoms with Gasteiger partial charge in [0.25, 0.3) is 0 Å². The third-order valence-electron chi connectivity index (χ3n) is 2.96. The zero-order valence-electron chi connectivity index (χ0n) is 10.4. The first-order valence-electron chi connectivity index (χ1n) is 5.70. The first kappa shape index (κ1) is 12.4. The Bertz CT molecular complexity index is 521. The van der Waals surface area contributed by atoms with E-state index in [2.05, 4.69) is 35.5 Å². The number of nitrogens with zero attached hydrogens (tertiary/aromatic N) is 2. The smallest absolute Gasteiger partial charge is 0.125 e. The molecule has 4 heteroatoms. The fraction of sp³-hybridized carbons (Fsp3) is 0.462. The molecule has 92 valence electrons. The van der Waals surface area contributed by atoms with Gasteiger partial charge in [-0.15, -0.1) is 11.6 Å². The summed E-state index contributed by atoms with van der Waals surface area (Å²) in [5.41, 5.74) is 3.34. The van der Waals surface area contributed by atoms with Crippen LogP contribution >= 0.6 is 11.6 Å². The van der Waals surface area contributed by atoms with Gasteiger partial charge in [-0.1, -0.05) is 12.1 Å². The average Bonchev–Trinajstić information content (AvgIpc) is 2.69. The molecule has 0 aliphatic carbocycles. The Morgan fingerprint density at radius 3 is 2.88 bits per heavy atom. The summed E-state index contributed by atoms with van der Waals surface area (Å²) in [6.45, 7) is 4.84. The highest BCUT2D eigenvalue weighted by molar-refractivity contribution is 6.16. The summed E-state index contributed by atoms with van der Waals surface area (Å²) in [5, 5.41) is 0. The van der Waals surface area contributed by atoms with E-state index in [9.17, 15) is 0 Å². The van der Waals surface area contributed by atoms with Crippen LogP contribution in [0.3, 0.4) is 0 Å². The lowest BCUT2D eigenvalue weighted by atomic mass is 10.2. The summed E-state index contributed by atoms with van der Waals surface area (Å²) in [7, 11) is 1.71. The summed E-state index contributed by atoms with van der Waals surface area (Å²) >= 11 is 5.98. The minimum absolute atomic E-state index is 0.237. The molecule has 0 amide bonds. The van der Waals surface area contributed by atoms with Crippen LogP contribution in [0.25, 0.3) is 11.0 Å². The number of imidazole rings is 1. The number of aromatic nitrogens is 2. The highest BCUT2D eigenvalue weighted by atomic mass is 35.5. The van der Waals surface area contributed by atoms with Crippen LogP contribution in [-0.4, -0.2) is 23.3 Å². The maximum atomic E-state index is 5.98. The number of halogens is 1. The molecule has 0 N–H and O–H groups in total. The molecule has 0 aliphatic rings. The molecule has 17 heavy (non-hydrogen) atoms. The quantitative estimate of drug-likeness (QED) is 0.781. The normalized spacial score (nSPS) is 13.2. The maximum absolute atomic E-state index is 5.98. The van der Waals surface area contributed by atoms with E-state index in [0.29, 0.717) is 12.5 Å². The van der Waals surface area contributed by atoms with Gasteiger partial charge in [0.2, 0.25) is 0 Å². The Kier molecular flexibility index (Phi) is 3.69. The van der Waals surface area contributed by atoms with Crippen molar-refractivity contribution < 1.29 is 4.74 Å². The van der Waals surface area contributed by atoms with Gasteiger partial charge >= 0.3 is 0 Å².